The van der Waals surface area contributed by atoms with Crippen molar-refractivity contribution >= 4 is 15.9 Å². The Morgan fingerprint density at radius 3 is 2.94 bits per heavy atom. The van der Waals surface area contributed by atoms with Crippen molar-refractivity contribution in [3.05, 3.63) is 18.7 Å². The molecule has 1 heterocycles. The van der Waals surface area contributed by atoms with Crippen LogP contribution in [0, 0.1) is 0 Å². The highest BCUT2D eigenvalue weighted by Crippen LogP contribution is 2.27. The molecular formula is C13H22BrN3. The minimum Gasteiger partial charge on any atom is -0.337 e. The molecule has 0 N–H and O–H groups in total. The standard InChI is InChI=1S/C13H22BrN3/c1-16(13-6-3-2-5-12(13)14)8-4-9-17-10-7-15-11-17/h7,10-13H,2-6,8-9H2,1H3. The maximum Gasteiger partial charge on any atom is 0.0945 e. The van der Waals surface area contributed by atoms with E-state index in [0.29, 0.717) is 4.83 Å². The molecule has 0 aliphatic heterocycles. The summed E-state index contributed by atoms with van der Waals surface area (Å²) in [6, 6.07) is 0.728. The number of imidazole rings is 1. The van der Waals surface area contributed by atoms with E-state index in [1.165, 1.54) is 38.6 Å². The van der Waals surface area contributed by atoms with Crippen LogP contribution in [0.3, 0.4) is 0 Å². The van der Waals surface area contributed by atoms with E-state index in [0.717, 1.165) is 12.6 Å². The third-order valence-corrected chi connectivity index (χ3v) is 4.77. The van der Waals surface area contributed by atoms with Crippen LogP contribution >= 0.6 is 15.9 Å². The van der Waals surface area contributed by atoms with E-state index in [-0.39, 0.29) is 0 Å². The highest BCUT2D eigenvalue weighted by atomic mass is 79.9. The average Bonchev–Trinajstić information content (AvgIpc) is 2.82. The maximum absolute atomic E-state index is 4.06. The molecule has 0 spiro atoms. The van der Waals surface area contributed by atoms with Crippen LogP contribution in [0.1, 0.15) is 32.1 Å². The summed E-state index contributed by atoms with van der Waals surface area (Å²) in [5, 5.41) is 0. The number of hydrogen-bond acceptors (Lipinski definition) is 2. The van der Waals surface area contributed by atoms with Crippen LogP contribution in [0.15, 0.2) is 18.7 Å². The Labute approximate surface area is 112 Å². The van der Waals surface area contributed by atoms with Gasteiger partial charge in [-0.3, -0.25) is 0 Å². The number of hydrogen-bond donors (Lipinski definition) is 0. The van der Waals surface area contributed by atoms with Gasteiger partial charge in [0.15, 0.2) is 0 Å². The summed E-state index contributed by atoms with van der Waals surface area (Å²) in [7, 11) is 2.26. The van der Waals surface area contributed by atoms with Gasteiger partial charge in [-0.2, -0.15) is 0 Å². The minimum absolute atomic E-state index is 0.689. The minimum atomic E-state index is 0.689. The zero-order valence-electron chi connectivity index (χ0n) is 10.6. The number of alkyl halides is 1. The highest BCUT2D eigenvalue weighted by Gasteiger charge is 2.25. The van der Waals surface area contributed by atoms with Gasteiger partial charge in [0.2, 0.25) is 0 Å². The largest absolute Gasteiger partial charge is 0.337 e. The average molecular weight is 300 g/mol. The van der Waals surface area contributed by atoms with Gasteiger partial charge in [-0.15, -0.1) is 0 Å². The Morgan fingerprint density at radius 2 is 2.24 bits per heavy atom. The first-order chi connectivity index (χ1) is 8.27. The quantitative estimate of drug-likeness (QED) is 0.780. The molecule has 4 heteroatoms. The molecule has 2 atom stereocenters. The van der Waals surface area contributed by atoms with Gasteiger partial charge in [-0.25, -0.2) is 4.98 Å². The summed E-state index contributed by atoms with van der Waals surface area (Å²) in [6.45, 7) is 2.24. The van der Waals surface area contributed by atoms with Crippen LogP contribution in [0.4, 0.5) is 0 Å². The molecule has 0 saturated heterocycles. The van der Waals surface area contributed by atoms with Gasteiger partial charge in [0.1, 0.15) is 0 Å². The molecular weight excluding hydrogens is 278 g/mol. The smallest absolute Gasteiger partial charge is 0.0945 e. The first kappa shape index (κ1) is 13.1. The summed E-state index contributed by atoms with van der Waals surface area (Å²) >= 11 is 3.83. The molecule has 1 aliphatic carbocycles. The second-order valence-corrected chi connectivity index (χ2v) is 6.18. The number of aromatic nitrogens is 2. The molecule has 1 aromatic heterocycles. The van der Waals surface area contributed by atoms with Gasteiger partial charge >= 0.3 is 0 Å². The van der Waals surface area contributed by atoms with E-state index < -0.39 is 0 Å². The second-order valence-electron chi connectivity index (χ2n) is 5.00. The molecule has 1 aliphatic rings. The Balaban J connectivity index is 1.71. The molecule has 2 unspecified atom stereocenters. The fraction of sp³-hybridized carbons (Fsp3) is 0.769. The van der Waals surface area contributed by atoms with Gasteiger partial charge in [-0.05, 0) is 32.9 Å². The first-order valence-corrected chi connectivity index (χ1v) is 7.49. The van der Waals surface area contributed by atoms with E-state index >= 15 is 0 Å². The fourth-order valence-electron chi connectivity index (χ4n) is 2.65. The molecule has 96 valence electrons. The molecule has 1 aromatic rings. The summed E-state index contributed by atoms with van der Waals surface area (Å²) in [6.07, 6.45) is 12.4. The Bertz CT molecular complexity index is 312. The van der Waals surface area contributed by atoms with Crippen molar-refractivity contribution in [2.45, 2.75) is 49.5 Å². The number of halogens is 1. The van der Waals surface area contributed by atoms with Gasteiger partial charge in [0.25, 0.3) is 0 Å². The van der Waals surface area contributed by atoms with Gasteiger partial charge in [0, 0.05) is 29.8 Å². The monoisotopic (exact) mass is 299 g/mol. The van der Waals surface area contributed by atoms with Crippen LogP contribution < -0.4 is 0 Å². The summed E-state index contributed by atoms with van der Waals surface area (Å²) < 4.78 is 2.15. The highest BCUT2D eigenvalue weighted by molar-refractivity contribution is 9.09. The Kier molecular flexibility index (Phi) is 5.04. The normalized spacial score (nSPS) is 25.4. The van der Waals surface area contributed by atoms with Crippen molar-refractivity contribution in [2.24, 2.45) is 0 Å². The van der Waals surface area contributed by atoms with Crippen LogP contribution in [-0.4, -0.2) is 38.9 Å². The second kappa shape index (κ2) is 6.55. The van der Waals surface area contributed by atoms with Crippen LogP contribution in [0.5, 0.6) is 0 Å². The predicted octanol–water partition coefficient (Wildman–Crippen LogP) is 2.91. The maximum atomic E-state index is 4.06. The lowest BCUT2D eigenvalue weighted by Crippen LogP contribution is -2.41. The molecule has 0 amide bonds. The van der Waals surface area contributed by atoms with Gasteiger partial charge in [-0.1, -0.05) is 28.8 Å². The van der Waals surface area contributed by atoms with Crippen molar-refractivity contribution in [3.8, 4) is 0 Å². The lowest BCUT2D eigenvalue weighted by molar-refractivity contribution is 0.195. The van der Waals surface area contributed by atoms with Crippen molar-refractivity contribution in [3.63, 3.8) is 0 Å². The number of aryl methyl sites for hydroxylation is 1. The van der Waals surface area contributed by atoms with Crippen molar-refractivity contribution in [1.29, 1.82) is 0 Å². The number of nitrogens with zero attached hydrogens (tertiary/aromatic N) is 3. The molecule has 0 radical (unpaired) electrons. The van der Waals surface area contributed by atoms with Crippen molar-refractivity contribution in [2.75, 3.05) is 13.6 Å². The van der Waals surface area contributed by atoms with E-state index in [1.54, 1.807) is 0 Å². The molecule has 2 rings (SSSR count). The van der Waals surface area contributed by atoms with E-state index in [1.807, 2.05) is 18.7 Å². The topological polar surface area (TPSA) is 21.1 Å². The molecule has 17 heavy (non-hydrogen) atoms. The molecule has 3 nitrogen and oxygen atoms in total. The first-order valence-electron chi connectivity index (χ1n) is 6.57. The Morgan fingerprint density at radius 1 is 1.41 bits per heavy atom. The fourth-order valence-corrected chi connectivity index (χ4v) is 3.64. The van der Waals surface area contributed by atoms with E-state index in [4.69, 9.17) is 0 Å². The predicted molar refractivity (Wildman–Crippen MR) is 74.4 cm³/mol. The van der Waals surface area contributed by atoms with E-state index in [9.17, 15) is 0 Å². The van der Waals surface area contributed by atoms with Crippen LogP contribution in [0.25, 0.3) is 0 Å². The SMILES string of the molecule is CN(CCCn1ccnc1)C1CCCCC1Br. The summed E-state index contributed by atoms with van der Waals surface area (Å²) in [5.41, 5.74) is 0. The molecule has 1 fully saturated rings. The summed E-state index contributed by atoms with van der Waals surface area (Å²) in [4.78, 5) is 7.28. The van der Waals surface area contributed by atoms with Gasteiger partial charge in [0.05, 0.1) is 6.33 Å². The van der Waals surface area contributed by atoms with E-state index in [2.05, 4.69) is 37.4 Å². The van der Waals surface area contributed by atoms with Crippen molar-refractivity contribution in [1.82, 2.24) is 14.5 Å². The van der Waals surface area contributed by atoms with Crippen LogP contribution in [0.2, 0.25) is 0 Å². The van der Waals surface area contributed by atoms with Gasteiger partial charge < -0.3 is 9.47 Å². The Hall–Kier alpha value is -0.350. The third-order valence-electron chi connectivity index (χ3n) is 3.70. The summed E-state index contributed by atoms with van der Waals surface area (Å²) in [5.74, 6) is 0. The lowest BCUT2D eigenvalue weighted by Gasteiger charge is -2.35. The third kappa shape index (κ3) is 3.81. The number of rotatable bonds is 5. The molecule has 0 aromatic carbocycles. The van der Waals surface area contributed by atoms with Crippen molar-refractivity contribution < 1.29 is 0 Å². The zero-order valence-corrected chi connectivity index (χ0v) is 12.1. The molecule has 1 saturated carbocycles. The lowest BCUT2D eigenvalue weighted by atomic mass is 9.94. The molecule has 0 bridgehead atoms. The zero-order chi connectivity index (χ0) is 12.1. The van der Waals surface area contributed by atoms with Crippen LogP contribution in [-0.2, 0) is 6.54 Å².